The van der Waals surface area contributed by atoms with E-state index in [-0.39, 0.29) is 31.9 Å². The molecule has 1 amide bonds. The first-order valence-corrected chi connectivity index (χ1v) is 13.6. The number of hydrogen-bond donors (Lipinski definition) is 2. The molecule has 32 heavy (non-hydrogen) atoms. The summed E-state index contributed by atoms with van der Waals surface area (Å²) < 4.78 is 47.6. The quantitative estimate of drug-likeness (QED) is 0.242. The number of rotatable bonds is 10. The monoisotopic (exact) mass is 503 g/mol. The molecular formula is C18H34NO11PS. The Morgan fingerprint density at radius 1 is 1.22 bits per heavy atom. The third-order valence-electron chi connectivity index (χ3n) is 4.23. The van der Waals surface area contributed by atoms with Crippen LogP contribution in [0.3, 0.4) is 0 Å². The molecule has 1 saturated heterocycles. The summed E-state index contributed by atoms with van der Waals surface area (Å²) in [7, 11) is -7.51. The molecule has 0 spiro atoms. The van der Waals surface area contributed by atoms with Crippen molar-refractivity contribution in [1.29, 1.82) is 0 Å². The van der Waals surface area contributed by atoms with E-state index in [4.69, 9.17) is 23.0 Å². The van der Waals surface area contributed by atoms with E-state index in [0.29, 0.717) is 0 Å². The molecule has 1 aliphatic heterocycles. The van der Waals surface area contributed by atoms with E-state index < -0.39 is 59.6 Å². The number of carbonyl (C=O) groups excluding carboxylic acids is 3. The van der Waals surface area contributed by atoms with E-state index in [1.165, 1.54) is 0 Å². The summed E-state index contributed by atoms with van der Waals surface area (Å²) in [6.45, 7) is 7.31. The molecule has 0 saturated carbocycles. The maximum absolute atomic E-state index is 12.6. The Kier molecular flexibility index (Phi) is 10.0. The second kappa shape index (κ2) is 11.2. The van der Waals surface area contributed by atoms with E-state index >= 15 is 0 Å². The molecule has 0 aromatic carbocycles. The van der Waals surface area contributed by atoms with Crippen molar-refractivity contribution < 1.29 is 50.7 Å². The van der Waals surface area contributed by atoms with Gasteiger partial charge in [-0.2, -0.15) is 0 Å². The van der Waals surface area contributed by atoms with Gasteiger partial charge < -0.3 is 0 Å². The van der Waals surface area contributed by atoms with Gasteiger partial charge in [0.2, 0.25) is 0 Å². The SMILES string of the molecule is CC(C)(C)C(=O)OCO[PH]1(O)OCC(C)(C)[C@H](C(=O)NCCC(=O)OCCS(C)(=O)=O)O1. The van der Waals surface area contributed by atoms with Crippen molar-refractivity contribution in [2.45, 2.75) is 47.1 Å². The molecule has 0 unspecified atom stereocenters. The van der Waals surface area contributed by atoms with Gasteiger partial charge in [0.05, 0.1) is 0 Å². The third-order valence-corrected chi connectivity index (χ3v) is 6.66. The van der Waals surface area contributed by atoms with Gasteiger partial charge in [-0.1, -0.05) is 0 Å². The van der Waals surface area contributed by atoms with Gasteiger partial charge in [0.25, 0.3) is 0 Å². The number of hydrogen-bond acceptors (Lipinski definition) is 11. The first kappa shape index (κ1) is 28.7. The van der Waals surface area contributed by atoms with Gasteiger partial charge in [-0.15, -0.1) is 0 Å². The van der Waals surface area contributed by atoms with Gasteiger partial charge >= 0.3 is 188 Å². The summed E-state index contributed by atoms with van der Waals surface area (Å²) in [4.78, 5) is 46.5. The minimum absolute atomic E-state index is 0.0610. The molecule has 1 rings (SSSR count). The van der Waals surface area contributed by atoms with Gasteiger partial charge in [-0.3, -0.25) is 0 Å². The van der Waals surface area contributed by atoms with E-state index in [9.17, 15) is 27.7 Å². The predicted molar refractivity (Wildman–Crippen MR) is 115 cm³/mol. The zero-order chi connectivity index (χ0) is 24.8. The molecule has 0 aromatic rings. The fraction of sp³-hybridized carbons (Fsp3) is 0.833. The molecule has 0 aliphatic carbocycles. The van der Waals surface area contributed by atoms with Crippen LogP contribution in [0.4, 0.5) is 0 Å². The van der Waals surface area contributed by atoms with Crippen LogP contribution in [0.15, 0.2) is 0 Å². The average Bonchev–Trinajstić information content (AvgIpc) is 2.62. The van der Waals surface area contributed by atoms with Crippen LogP contribution in [0.2, 0.25) is 0 Å². The molecule has 1 aliphatic rings. The molecule has 1 atom stereocenters. The van der Waals surface area contributed by atoms with Crippen molar-refractivity contribution in [3.63, 3.8) is 0 Å². The number of esters is 2. The summed E-state index contributed by atoms with van der Waals surface area (Å²) >= 11 is 0. The minimum atomic E-state index is -4.26. The molecule has 12 nitrogen and oxygen atoms in total. The maximum atomic E-state index is 12.6. The Labute approximate surface area is 188 Å². The molecule has 1 heterocycles. The molecule has 0 radical (unpaired) electrons. The normalized spacial score (nSPS) is 21.3. The second-order valence-electron chi connectivity index (χ2n) is 9.13. The molecule has 1 fully saturated rings. The number of amides is 1. The third kappa shape index (κ3) is 10.1. The Bertz CT molecular complexity index is 793. The summed E-state index contributed by atoms with van der Waals surface area (Å²) in [5.41, 5.74) is -1.59. The molecule has 14 heteroatoms. The standard InChI is InChI=1S/C18H34NO11PS/c1-17(2,3)16(22)27-12-29-31(23)28-11-18(4,5)14(30-31)15(21)19-8-7-13(20)26-9-10-32(6,24)25/h14,23,31H,7-12H2,1-6H3,(H,19,21)/t14-/m0/s1. The molecule has 0 aromatic heterocycles. The topological polar surface area (TPSA) is 164 Å². The Morgan fingerprint density at radius 3 is 2.41 bits per heavy atom. The summed E-state index contributed by atoms with van der Waals surface area (Å²) in [6.07, 6.45) is -0.313. The van der Waals surface area contributed by atoms with Crippen LogP contribution in [-0.4, -0.2) is 75.8 Å². The van der Waals surface area contributed by atoms with Gasteiger partial charge in [0.1, 0.15) is 0 Å². The van der Waals surface area contributed by atoms with Gasteiger partial charge in [0.15, 0.2) is 0 Å². The number of nitrogens with one attached hydrogen (secondary N) is 1. The van der Waals surface area contributed by atoms with Crippen LogP contribution in [0, 0.1) is 10.8 Å². The predicted octanol–water partition coefficient (Wildman–Crippen LogP) is 0.488. The zero-order valence-electron chi connectivity index (χ0n) is 19.3. The first-order chi connectivity index (χ1) is 14.5. The van der Waals surface area contributed by atoms with Crippen molar-refractivity contribution in [2.24, 2.45) is 10.8 Å². The van der Waals surface area contributed by atoms with Gasteiger partial charge in [0, 0.05) is 0 Å². The number of carbonyl (C=O) groups is 3. The molecule has 2 N–H and O–H groups in total. The van der Waals surface area contributed by atoms with Crippen molar-refractivity contribution in [3.8, 4) is 0 Å². The fourth-order valence-corrected chi connectivity index (χ4v) is 4.40. The molecule has 188 valence electrons. The Hall–Kier alpha value is -1.37. The zero-order valence-corrected chi connectivity index (χ0v) is 21.1. The van der Waals surface area contributed by atoms with Crippen LogP contribution < -0.4 is 5.32 Å². The van der Waals surface area contributed by atoms with E-state index in [1.54, 1.807) is 34.6 Å². The van der Waals surface area contributed by atoms with E-state index in [1.807, 2.05) is 0 Å². The summed E-state index contributed by atoms with van der Waals surface area (Å²) in [6, 6.07) is 0. The number of sulfone groups is 1. The van der Waals surface area contributed by atoms with E-state index in [2.05, 4.69) is 5.32 Å². The van der Waals surface area contributed by atoms with Crippen LogP contribution in [-0.2, 0) is 47.3 Å². The van der Waals surface area contributed by atoms with Crippen LogP contribution >= 0.6 is 8.17 Å². The van der Waals surface area contributed by atoms with Crippen LogP contribution in [0.5, 0.6) is 0 Å². The average molecular weight is 504 g/mol. The fourth-order valence-electron chi connectivity index (χ4n) is 2.31. The van der Waals surface area contributed by atoms with Crippen LogP contribution in [0.1, 0.15) is 41.0 Å². The van der Waals surface area contributed by atoms with Crippen molar-refractivity contribution >= 4 is 35.9 Å². The van der Waals surface area contributed by atoms with Gasteiger partial charge in [-0.05, 0) is 0 Å². The van der Waals surface area contributed by atoms with Crippen LogP contribution in [0.25, 0.3) is 0 Å². The van der Waals surface area contributed by atoms with E-state index in [0.717, 1.165) is 6.26 Å². The van der Waals surface area contributed by atoms with Crippen molar-refractivity contribution in [2.75, 3.05) is 38.6 Å². The van der Waals surface area contributed by atoms with Gasteiger partial charge in [-0.25, -0.2) is 0 Å². The molecule has 0 bridgehead atoms. The Balaban J connectivity index is 2.54. The van der Waals surface area contributed by atoms with Crippen molar-refractivity contribution in [3.05, 3.63) is 0 Å². The first-order valence-electron chi connectivity index (χ1n) is 9.92. The molecular weight excluding hydrogens is 469 g/mol. The van der Waals surface area contributed by atoms with Crippen molar-refractivity contribution in [1.82, 2.24) is 5.32 Å². The second-order valence-corrected chi connectivity index (χ2v) is 13.3. The Morgan fingerprint density at radius 2 is 1.84 bits per heavy atom. The summed E-state index contributed by atoms with van der Waals surface area (Å²) in [5.74, 6) is -2.12. The number of ether oxygens (including phenoxy) is 2. The summed E-state index contributed by atoms with van der Waals surface area (Å²) in [5, 5.41) is 2.51.